The van der Waals surface area contributed by atoms with E-state index in [2.05, 4.69) is 0 Å². The van der Waals surface area contributed by atoms with Gasteiger partial charge in [-0.2, -0.15) is 0 Å². The quantitative estimate of drug-likeness (QED) is 0.662. The SMILES string of the molecule is CC(C)=O.CCCCOC(=O)c1ccccc1C(=O)O. The largest absolute Gasteiger partial charge is 0.478 e. The van der Waals surface area contributed by atoms with E-state index in [1.165, 1.54) is 26.0 Å². The Morgan fingerprint density at radius 2 is 1.60 bits per heavy atom. The van der Waals surface area contributed by atoms with E-state index in [0.29, 0.717) is 6.61 Å². The number of carboxylic acids is 1. The van der Waals surface area contributed by atoms with Crippen molar-refractivity contribution >= 4 is 17.7 Å². The summed E-state index contributed by atoms with van der Waals surface area (Å²) in [6, 6.07) is 6.03. The highest BCUT2D eigenvalue weighted by molar-refractivity contribution is 6.02. The Hall–Kier alpha value is -2.17. The molecule has 0 aromatic heterocycles. The number of hydrogen-bond acceptors (Lipinski definition) is 4. The zero-order chi connectivity index (χ0) is 15.5. The van der Waals surface area contributed by atoms with E-state index < -0.39 is 11.9 Å². The molecule has 0 saturated carbocycles. The van der Waals surface area contributed by atoms with E-state index in [9.17, 15) is 14.4 Å². The fraction of sp³-hybridized carbons (Fsp3) is 0.400. The van der Waals surface area contributed by atoms with Crippen LogP contribution in [-0.2, 0) is 9.53 Å². The van der Waals surface area contributed by atoms with Crippen molar-refractivity contribution in [2.75, 3.05) is 6.61 Å². The number of Topliss-reactive ketones (excluding diaryl/α,β-unsaturated/α-hetero) is 1. The minimum atomic E-state index is -1.12. The zero-order valence-corrected chi connectivity index (χ0v) is 12.0. The summed E-state index contributed by atoms with van der Waals surface area (Å²) in [7, 11) is 0. The van der Waals surface area contributed by atoms with Gasteiger partial charge in [0.25, 0.3) is 0 Å². The summed E-state index contributed by atoms with van der Waals surface area (Å²) in [4.78, 5) is 31.9. The Morgan fingerprint density at radius 3 is 2.05 bits per heavy atom. The monoisotopic (exact) mass is 280 g/mol. The van der Waals surface area contributed by atoms with Gasteiger partial charge in [0.1, 0.15) is 5.78 Å². The van der Waals surface area contributed by atoms with Gasteiger partial charge in [0.05, 0.1) is 17.7 Å². The van der Waals surface area contributed by atoms with Crippen LogP contribution in [0.4, 0.5) is 0 Å². The van der Waals surface area contributed by atoms with E-state index in [1.807, 2.05) is 6.92 Å². The molecule has 1 rings (SSSR count). The predicted molar refractivity (Wildman–Crippen MR) is 74.9 cm³/mol. The third-order valence-electron chi connectivity index (χ3n) is 2.11. The number of ether oxygens (including phenoxy) is 1. The Labute approximate surface area is 118 Å². The van der Waals surface area contributed by atoms with Crippen molar-refractivity contribution in [2.45, 2.75) is 33.6 Å². The van der Waals surface area contributed by atoms with Crippen molar-refractivity contribution in [1.29, 1.82) is 0 Å². The number of carbonyl (C=O) groups is 3. The van der Waals surface area contributed by atoms with Crippen LogP contribution in [0.15, 0.2) is 24.3 Å². The first kappa shape index (κ1) is 17.8. The number of unbranched alkanes of at least 4 members (excludes halogenated alkanes) is 1. The molecule has 0 unspecified atom stereocenters. The molecule has 0 aliphatic heterocycles. The Morgan fingerprint density at radius 1 is 1.10 bits per heavy atom. The number of carboxylic acid groups (broad SMARTS) is 1. The summed E-state index contributed by atoms with van der Waals surface area (Å²) in [5, 5.41) is 8.88. The van der Waals surface area contributed by atoms with Crippen molar-refractivity contribution in [3.63, 3.8) is 0 Å². The second-order valence-electron chi connectivity index (χ2n) is 4.25. The lowest BCUT2D eigenvalue weighted by Crippen LogP contribution is -2.12. The van der Waals surface area contributed by atoms with Crippen LogP contribution in [0.25, 0.3) is 0 Å². The first-order chi connectivity index (χ1) is 9.40. The third-order valence-corrected chi connectivity index (χ3v) is 2.11. The molecule has 20 heavy (non-hydrogen) atoms. The lowest BCUT2D eigenvalue weighted by Gasteiger charge is -2.06. The molecule has 0 aliphatic carbocycles. The molecule has 5 heteroatoms. The Kier molecular flexibility index (Phi) is 8.67. The smallest absolute Gasteiger partial charge is 0.339 e. The zero-order valence-electron chi connectivity index (χ0n) is 12.0. The molecule has 0 atom stereocenters. The minimum Gasteiger partial charge on any atom is -0.478 e. The predicted octanol–water partition coefficient (Wildman–Crippen LogP) is 2.94. The normalized spacial score (nSPS) is 9.15. The lowest BCUT2D eigenvalue weighted by atomic mass is 10.1. The maximum Gasteiger partial charge on any atom is 0.339 e. The molecule has 0 radical (unpaired) electrons. The summed E-state index contributed by atoms with van der Waals surface area (Å²) in [5.41, 5.74) is 0.0788. The molecule has 0 bridgehead atoms. The first-order valence-corrected chi connectivity index (χ1v) is 6.36. The average molecular weight is 280 g/mol. The molecule has 1 N–H and O–H groups in total. The second-order valence-corrected chi connectivity index (χ2v) is 4.25. The van der Waals surface area contributed by atoms with Crippen LogP contribution in [0.5, 0.6) is 0 Å². The molecular weight excluding hydrogens is 260 g/mol. The van der Waals surface area contributed by atoms with Gasteiger partial charge in [-0.1, -0.05) is 25.5 Å². The van der Waals surface area contributed by atoms with Crippen LogP contribution in [0.1, 0.15) is 54.3 Å². The van der Waals surface area contributed by atoms with Gasteiger partial charge >= 0.3 is 11.9 Å². The molecule has 110 valence electrons. The van der Waals surface area contributed by atoms with Crippen LogP contribution < -0.4 is 0 Å². The summed E-state index contributed by atoms with van der Waals surface area (Å²) >= 11 is 0. The minimum absolute atomic E-state index is 0.0241. The summed E-state index contributed by atoms with van der Waals surface area (Å²) in [6.07, 6.45) is 1.70. The van der Waals surface area contributed by atoms with Crippen molar-refractivity contribution in [3.8, 4) is 0 Å². The molecule has 0 fully saturated rings. The maximum absolute atomic E-state index is 11.6. The van der Waals surface area contributed by atoms with Crippen LogP contribution in [-0.4, -0.2) is 29.4 Å². The molecule has 1 aromatic rings. The Bertz CT molecular complexity index is 461. The Balaban J connectivity index is 0.000000796. The molecular formula is C15H20O5. The lowest BCUT2D eigenvalue weighted by molar-refractivity contribution is -0.115. The van der Waals surface area contributed by atoms with Crippen LogP contribution >= 0.6 is 0 Å². The highest BCUT2D eigenvalue weighted by Gasteiger charge is 2.16. The summed E-state index contributed by atoms with van der Waals surface area (Å²) < 4.78 is 4.96. The van der Waals surface area contributed by atoms with Gasteiger partial charge in [0.2, 0.25) is 0 Å². The fourth-order valence-corrected chi connectivity index (χ4v) is 1.23. The molecule has 0 spiro atoms. The van der Waals surface area contributed by atoms with E-state index in [4.69, 9.17) is 9.84 Å². The molecule has 0 aliphatic rings. The van der Waals surface area contributed by atoms with Crippen molar-refractivity contribution in [2.24, 2.45) is 0 Å². The number of carbonyl (C=O) groups excluding carboxylic acids is 2. The van der Waals surface area contributed by atoms with E-state index >= 15 is 0 Å². The standard InChI is InChI=1S/C12H14O4.C3H6O/c1-2-3-8-16-12(15)10-7-5-4-6-9(10)11(13)14;1-3(2)4/h4-7H,2-3,8H2,1H3,(H,13,14);1-2H3. The van der Waals surface area contributed by atoms with Gasteiger partial charge < -0.3 is 14.6 Å². The van der Waals surface area contributed by atoms with Crippen molar-refractivity contribution in [3.05, 3.63) is 35.4 Å². The van der Waals surface area contributed by atoms with Gasteiger partial charge in [-0.15, -0.1) is 0 Å². The highest BCUT2D eigenvalue weighted by Crippen LogP contribution is 2.10. The number of rotatable bonds is 5. The molecule has 0 amide bonds. The van der Waals surface area contributed by atoms with E-state index in [0.717, 1.165) is 12.8 Å². The van der Waals surface area contributed by atoms with Crippen LogP contribution in [0.3, 0.4) is 0 Å². The number of ketones is 1. The van der Waals surface area contributed by atoms with Crippen LogP contribution in [0, 0.1) is 0 Å². The summed E-state index contributed by atoms with van der Waals surface area (Å²) in [5.74, 6) is -1.53. The maximum atomic E-state index is 11.6. The van der Waals surface area contributed by atoms with Gasteiger partial charge in [-0.25, -0.2) is 9.59 Å². The average Bonchev–Trinajstić information content (AvgIpc) is 2.38. The van der Waals surface area contributed by atoms with Gasteiger partial charge in [0.15, 0.2) is 0 Å². The molecule has 5 nitrogen and oxygen atoms in total. The van der Waals surface area contributed by atoms with Crippen molar-refractivity contribution in [1.82, 2.24) is 0 Å². The van der Waals surface area contributed by atoms with E-state index in [1.54, 1.807) is 12.1 Å². The molecule has 1 aromatic carbocycles. The van der Waals surface area contributed by atoms with Gasteiger partial charge in [-0.3, -0.25) is 0 Å². The number of esters is 1. The number of hydrogen-bond donors (Lipinski definition) is 1. The fourth-order valence-electron chi connectivity index (χ4n) is 1.23. The highest BCUT2D eigenvalue weighted by atomic mass is 16.5. The summed E-state index contributed by atoms with van der Waals surface area (Å²) in [6.45, 7) is 5.36. The van der Waals surface area contributed by atoms with Crippen molar-refractivity contribution < 1.29 is 24.2 Å². The van der Waals surface area contributed by atoms with E-state index in [-0.39, 0.29) is 16.9 Å². The van der Waals surface area contributed by atoms with Gasteiger partial charge in [0, 0.05) is 0 Å². The molecule has 0 saturated heterocycles. The molecule has 0 heterocycles. The third kappa shape index (κ3) is 7.31. The van der Waals surface area contributed by atoms with Gasteiger partial charge in [-0.05, 0) is 32.4 Å². The number of benzene rings is 1. The second kappa shape index (κ2) is 9.72. The topological polar surface area (TPSA) is 80.7 Å². The number of aromatic carboxylic acids is 1. The first-order valence-electron chi connectivity index (χ1n) is 6.36. The van der Waals surface area contributed by atoms with Crippen LogP contribution in [0.2, 0.25) is 0 Å².